The summed E-state index contributed by atoms with van der Waals surface area (Å²) in [6, 6.07) is 11.9. The lowest BCUT2D eigenvalue weighted by molar-refractivity contribution is -0.115. The summed E-state index contributed by atoms with van der Waals surface area (Å²) in [4.78, 5) is 37.3. The molecule has 0 aliphatic carbocycles. The smallest absolute Gasteiger partial charge is 0.290 e. The Kier molecular flexibility index (Phi) is 5.89. The Hall–Kier alpha value is -2.28. The molecular weight excluding hydrogens is 407 g/mol. The zero-order chi connectivity index (χ0) is 19.6. The van der Waals surface area contributed by atoms with Crippen LogP contribution in [-0.4, -0.2) is 29.0 Å². The molecule has 0 radical (unpaired) electrons. The normalized spacial score (nSPS) is 15.1. The highest BCUT2D eigenvalue weighted by atomic mass is 35.5. The second-order valence-corrected chi connectivity index (χ2v) is 7.73. The predicted octanol–water partition coefficient (Wildman–Crippen LogP) is 4.59. The Labute approximate surface area is 170 Å². The Balaban J connectivity index is 1.70. The molecular formula is C19H14Cl2N2O3S. The highest BCUT2D eigenvalue weighted by molar-refractivity contribution is 8.18. The number of carbonyl (C=O) groups excluding carboxylic acids is 3. The van der Waals surface area contributed by atoms with E-state index in [0.29, 0.717) is 27.1 Å². The highest BCUT2D eigenvalue weighted by Crippen LogP contribution is 2.26. The van der Waals surface area contributed by atoms with Gasteiger partial charge >= 0.3 is 0 Å². The van der Waals surface area contributed by atoms with Crippen molar-refractivity contribution in [1.29, 1.82) is 0 Å². The highest BCUT2D eigenvalue weighted by Gasteiger charge is 2.24. The molecule has 0 bridgehead atoms. The van der Waals surface area contributed by atoms with Gasteiger partial charge in [0.1, 0.15) is 0 Å². The zero-order valence-corrected chi connectivity index (χ0v) is 16.5. The lowest BCUT2D eigenvalue weighted by Crippen LogP contribution is -2.26. The van der Waals surface area contributed by atoms with E-state index in [1.54, 1.807) is 60.5 Å². The molecule has 3 rings (SSSR count). The van der Waals surface area contributed by atoms with Crippen molar-refractivity contribution in [2.75, 3.05) is 7.05 Å². The lowest BCUT2D eigenvalue weighted by atomic mass is 10.1. The predicted molar refractivity (Wildman–Crippen MR) is 108 cm³/mol. The van der Waals surface area contributed by atoms with Crippen LogP contribution in [0.15, 0.2) is 47.4 Å². The topological polar surface area (TPSA) is 66.5 Å². The number of hydrogen-bond donors (Lipinski definition) is 1. The number of thioether (sulfide) groups is 1. The van der Waals surface area contributed by atoms with Crippen molar-refractivity contribution in [3.8, 4) is 0 Å². The van der Waals surface area contributed by atoms with Crippen molar-refractivity contribution in [2.45, 2.75) is 6.54 Å². The van der Waals surface area contributed by atoms with Crippen LogP contribution in [0.2, 0.25) is 10.0 Å². The zero-order valence-electron chi connectivity index (χ0n) is 14.2. The summed E-state index contributed by atoms with van der Waals surface area (Å²) in [5.74, 6) is -0.576. The van der Waals surface area contributed by atoms with E-state index in [4.69, 9.17) is 23.2 Å². The van der Waals surface area contributed by atoms with Crippen LogP contribution in [0, 0.1) is 0 Å². The van der Waals surface area contributed by atoms with Gasteiger partial charge in [-0.1, -0.05) is 41.4 Å². The Morgan fingerprint density at radius 1 is 1.15 bits per heavy atom. The number of rotatable bonds is 4. The third kappa shape index (κ3) is 4.71. The van der Waals surface area contributed by atoms with Gasteiger partial charge in [0.05, 0.1) is 4.91 Å². The number of carbonyl (C=O) groups is 3. The van der Waals surface area contributed by atoms with E-state index >= 15 is 0 Å². The van der Waals surface area contributed by atoms with E-state index in [-0.39, 0.29) is 11.1 Å². The first kappa shape index (κ1) is 19.5. The lowest BCUT2D eigenvalue weighted by Gasteiger charge is -2.18. The molecule has 3 amide bonds. The molecule has 0 saturated carbocycles. The van der Waals surface area contributed by atoms with Crippen LogP contribution in [0.3, 0.4) is 0 Å². The third-order valence-electron chi connectivity index (χ3n) is 3.87. The molecule has 1 fully saturated rings. The van der Waals surface area contributed by atoms with E-state index in [1.165, 1.54) is 0 Å². The molecule has 27 heavy (non-hydrogen) atoms. The van der Waals surface area contributed by atoms with E-state index in [2.05, 4.69) is 5.32 Å². The SMILES string of the molecule is CN(Cc1ccc(Cl)cc1Cl)C(=O)c1ccc(/C=C2/SC(=O)NC2=O)cc1. The Morgan fingerprint density at radius 3 is 2.44 bits per heavy atom. The molecule has 0 unspecified atom stereocenters. The second kappa shape index (κ2) is 8.17. The number of hydrogen-bond acceptors (Lipinski definition) is 4. The van der Waals surface area contributed by atoms with Crippen LogP contribution in [0.25, 0.3) is 6.08 Å². The van der Waals surface area contributed by atoms with Crippen molar-refractivity contribution in [3.05, 3.63) is 74.1 Å². The molecule has 2 aromatic carbocycles. The van der Waals surface area contributed by atoms with Crippen molar-refractivity contribution < 1.29 is 14.4 Å². The molecule has 1 saturated heterocycles. The minimum atomic E-state index is -0.412. The Bertz CT molecular complexity index is 958. The first-order valence-corrected chi connectivity index (χ1v) is 9.45. The van der Waals surface area contributed by atoms with E-state index in [0.717, 1.165) is 22.9 Å². The monoisotopic (exact) mass is 420 g/mol. The number of imide groups is 1. The van der Waals surface area contributed by atoms with Gasteiger partial charge in [0.15, 0.2) is 0 Å². The minimum absolute atomic E-state index is 0.164. The summed E-state index contributed by atoms with van der Waals surface area (Å²) in [6.07, 6.45) is 1.61. The third-order valence-corrected chi connectivity index (χ3v) is 5.26. The number of halogens is 2. The summed E-state index contributed by atoms with van der Waals surface area (Å²) in [5, 5.41) is 2.86. The van der Waals surface area contributed by atoms with Crippen LogP contribution in [0.4, 0.5) is 4.79 Å². The van der Waals surface area contributed by atoms with Crippen LogP contribution in [0.5, 0.6) is 0 Å². The fraction of sp³-hybridized carbons (Fsp3) is 0.105. The molecule has 1 aliphatic rings. The van der Waals surface area contributed by atoms with E-state index < -0.39 is 5.91 Å². The summed E-state index contributed by atoms with van der Waals surface area (Å²) >= 11 is 12.9. The van der Waals surface area contributed by atoms with Crippen molar-refractivity contribution in [1.82, 2.24) is 10.2 Å². The fourth-order valence-electron chi connectivity index (χ4n) is 2.49. The van der Waals surface area contributed by atoms with Gasteiger partial charge in [-0.2, -0.15) is 0 Å². The minimum Gasteiger partial charge on any atom is -0.337 e. The maximum Gasteiger partial charge on any atom is 0.290 e. The number of benzene rings is 2. The van der Waals surface area contributed by atoms with Gasteiger partial charge in [0.25, 0.3) is 17.1 Å². The van der Waals surface area contributed by atoms with Gasteiger partial charge in [0, 0.05) is 29.2 Å². The van der Waals surface area contributed by atoms with Gasteiger partial charge in [0.2, 0.25) is 0 Å². The quantitative estimate of drug-likeness (QED) is 0.734. The molecule has 2 aromatic rings. The first-order valence-electron chi connectivity index (χ1n) is 7.88. The number of nitrogens with one attached hydrogen (secondary N) is 1. The maximum absolute atomic E-state index is 12.6. The second-order valence-electron chi connectivity index (χ2n) is 5.87. The molecule has 8 heteroatoms. The maximum atomic E-state index is 12.6. The standard InChI is InChI=1S/C19H14Cl2N2O3S/c1-23(10-13-6-7-14(20)9-15(13)21)18(25)12-4-2-11(3-5-12)8-16-17(24)22-19(26)27-16/h2-9H,10H2,1H3,(H,22,24,26)/b16-8+. The van der Waals surface area contributed by atoms with Gasteiger partial charge in [-0.25, -0.2) is 0 Å². The van der Waals surface area contributed by atoms with Crippen LogP contribution < -0.4 is 5.32 Å². The molecule has 138 valence electrons. The first-order chi connectivity index (χ1) is 12.8. The summed E-state index contributed by atoms with van der Waals surface area (Å²) < 4.78 is 0. The molecule has 0 spiro atoms. The van der Waals surface area contributed by atoms with Gasteiger partial charge in [-0.15, -0.1) is 0 Å². The van der Waals surface area contributed by atoms with Gasteiger partial charge in [-0.05, 0) is 53.2 Å². The number of nitrogens with zero attached hydrogens (tertiary/aromatic N) is 1. The van der Waals surface area contributed by atoms with Crippen LogP contribution in [-0.2, 0) is 11.3 Å². The summed E-state index contributed by atoms with van der Waals surface area (Å²) in [6.45, 7) is 0.347. The van der Waals surface area contributed by atoms with Crippen LogP contribution >= 0.6 is 35.0 Å². The molecule has 1 N–H and O–H groups in total. The number of amides is 3. The van der Waals surface area contributed by atoms with Crippen molar-refractivity contribution in [3.63, 3.8) is 0 Å². The average Bonchev–Trinajstić information content (AvgIpc) is 2.94. The van der Waals surface area contributed by atoms with Gasteiger partial charge < -0.3 is 4.90 Å². The van der Waals surface area contributed by atoms with Crippen molar-refractivity contribution in [2.24, 2.45) is 0 Å². The molecule has 5 nitrogen and oxygen atoms in total. The van der Waals surface area contributed by atoms with Crippen LogP contribution in [0.1, 0.15) is 21.5 Å². The molecule has 0 aromatic heterocycles. The molecule has 1 aliphatic heterocycles. The summed E-state index contributed by atoms with van der Waals surface area (Å²) in [5.41, 5.74) is 2.03. The van der Waals surface area contributed by atoms with Gasteiger partial charge in [-0.3, -0.25) is 19.7 Å². The largest absolute Gasteiger partial charge is 0.337 e. The Morgan fingerprint density at radius 2 is 1.85 bits per heavy atom. The van der Waals surface area contributed by atoms with E-state index in [1.807, 2.05) is 0 Å². The summed E-state index contributed by atoms with van der Waals surface area (Å²) in [7, 11) is 1.69. The molecule has 1 heterocycles. The average molecular weight is 421 g/mol. The molecule has 0 atom stereocenters. The fourth-order valence-corrected chi connectivity index (χ4v) is 3.64. The van der Waals surface area contributed by atoms with Crippen molar-refractivity contribution >= 4 is 58.1 Å². The van der Waals surface area contributed by atoms with E-state index in [9.17, 15) is 14.4 Å².